The van der Waals surface area contributed by atoms with E-state index in [2.05, 4.69) is 22.5 Å². The van der Waals surface area contributed by atoms with Crippen molar-refractivity contribution in [1.82, 2.24) is 15.1 Å². The number of hydrogen-bond acceptors (Lipinski definition) is 2. The monoisotopic (exact) mass is 235 g/mol. The van der Waals surface area contributed by atoms with Gasteiger partial charge in [0.2, 0.25) is 0 Å². The molecule has 1 unspecified atom stereocenters. The summed E-state index contributed by atoms with van der Waals surface area (Å²) in [6.45, 7) is 0. The van der Waals surface area contributed by atoms with E-state index in [4.69, 9.17) is 11.6 Å². The number of hydrogen-bond donors (Lipinski definition) is 1. The SMILES string of the molecule is CNC(c1ccccc1)c1c(Cl)cnn1C. The van der Waals surface area contributed by atoms with Crippen LogP contribution in [0.15, 0.2) is 36.5 Å². The average molecular weight is 236 g/mol. The lowest BCUT2D eigenvalue weighted by molar-refractivity contribution is 0.606. The van der Waals surface area contributed by atoms with Crippen LogP contribution < -0.4 is 5.32 Å². The minimum absolute atomic E-state index is 0.0706. The topological polar surface area (TPSA) is 29.9 Å². The van der Waals surface area contributed by atoms with Gasteiger partial charge in [0.1, 0.15) is 0 Å². The van der Waals surface area contributed by atoms with Gasteiger partial charge in [-0.3, -0.25) is 4.68 Å². The standard InChI is InChI=1S/C12H14ClN3/c1-14-11(9-6-4-3-5-7-9)12-10(13)8-15-16(12)2/h3-8,11,14H,1-2H3. The summed E-state index contributed by atoms with van der Waals surface area (Å²) in [5.41, 5.74) is 2.16. The molecule has 4 heteroatoms. The minimum Gasteiger partial charge on any atom is -0.308 e. The Kier molecular flexibility index (Phi) is 3.27. The van der Waals surface area contributed by atoms with Gasteiger partial charge >= 0.3 is 0 Å². The van der Waals surface area contributed by atoms with Gasteiger partial charge in [0.05, 0.1) is 23.0 Å². The van der Waals surface area contributed by atoms with Gasteiger partial charge in [0.25, 0.3) is 0 Å². The van der Waals surface area contributed by atoms with Crippen LogP contribution in [0.5, 0.6) is 0 Å². The molecule has 2 aromatic rings. The van der Waals surface area contributed by atoms with Gasteiger partial charge in [-0.25, -0.2) is 0 Å². The first kappa shape index (κ1) is 11.2. The molecule has 1 heterocycles. The van der Waals surface area contributed by atoms with Gasteiger partial charge in [-0.05, 0) is 12.6 Å². The molecular formula is C12H14ClN3. The van der Waals surface area contributed by atoms with E-state index in [1.165, 1.54) is 5.56 Å². The van der Waals surface area contributed by atoms with Crippen LogP contribution in [0.25, 0.3) is 0 Å². The third kappa shape index (κ3) is 1.96. The van der Waals surface area contributed by atoms with Crippen molar-refractivity contribution in [2.45, 2.75) is 6.04 Å². The Labute approximate surface area is 100 Å². The second kappa shape index (κ2) is 4.68. The van der Waals surface area contributed by atoms with Crippen LogP contribution in [-0.4, -0.2) is 16.8 Å². The van der Waals surface area contributed by atoms with Gasteiger partial charge in [0, 0.05) is 7.05 Å². The molecule has 0 spiro atoms. The summed E-state index contributed by atoms with van der Waals surface area (Å²) in [6.07, 6.45) is 1.67. The predicted molar refractivity (Wildman–Crippen MR) is 65.6 cm³/mol. The lowest BCUT2D eigenvalue weighted by Gasteiger charge is -2.17. The molecule has 0 saturated heterocycles. The fourth-order valence-corrected chi connectivity index (χ4v) is 2.13. The van der Waals surface area contributed by atoms with Crippen LogP contribution in [0.1, 0.15) is 17.3 Å². The van der Waals surface area contributed by atoms with Crippen LogP contribution in [0.2, 0.25) is 5.02 Å². The van der Waals surface area contributed by atoms with Gasteiger partial charge in [-0.2, -0.15) is 5.10 Å². The predicted octanol–water partition coefficient (Wildman–Crippen LogP) is 2.38. The van der Waals surface area contributed by atoms with Crippen molar-refractivity contribution in [2.75, 3.05) is 7.05 Å². The summed E-state index contributed by atoms with van der Waals surface area (Å²) in [4.78, 5) is 0. The van der Waals surface area contributed by atoms with Gasteiger partial charge in [0.15, 0.2) is 0 Å². The number of aryl methyl sites for hydroxylation is 1. The molecule has 0 aliphatic rings. The smallest absolute Gasteiger partial charge is 0.0837 e. The number of aromatic nitrogens is 2. The molecule has 1 atom stereocenters. The average Bonchev–Trinajstić information content (AvgIpc) is 2.63. The molecular weight excluding hydrogens is 222 g/mol. The molecule has 1 N–H and O–H groups in total. The Morgan fingerprint density at radius 1 is 1.31 bits per heavy atom. The van der Waals surface area contributed by atoms with Gasteiger partial charge < -0.3 is 5.32 Å². The van der Waals surface area contributed by atoms with Gasteiger partial charge in [-0.15, -0.1) is 0 Å². The summed E-state index contributed by atoms with van der Waals surface area (Å²) in [5.74, 6) is 0. The molecule has 1 aromatic heterocycles. The summed E-state index contributed by atoms with van der Waals surface area (Å²) in [6, 6.07) is 10.3. The Hall–Kier alpha value is -1.32. The molecule has 0 aliphatic carbocycles. The number of nitrogens with one attached hydrogen (secondary N) is 1. The molecule has 84 valence electrons. The molecule has 0 saturated carbocycles. The van der Waals surface area contributed by atoms with E-state index in [0.717, 1.165) is 5.69 Å². The summed E-state index contributed by atoms with van der Waals surface area (Å²) in [7, 11) is 3.81. The highest BCUT2D eigenvalue weighted by Crippen LogP contribution is 2.27. The Morgan fingerprint density at radius 3 is 2.50 bits per heavy atom. The zero-order chi connectivity index (χ0) is 11.5. The normalized spacial score (nSPS) is 12.7. The lowest BCUT2D eigenvalue weighted by atomic mass is 10.0. The number of nitrogens with zero attached hydrogens (tertiary/aromatic N) is 2. The largest absolute Gasteiger partial charge is 0.308 e. The zero-order valence-electron chi connectivity index (χ0n) is 9.31. The molecule has 16 heavy (non-hydrogen) atoms. The van der Waals surface area contributed by atoms with Crippen molar-refractivity contribution in [2.24, 2.45) is 7.05 Å². The van der Waals surface area contributed by atoms with E-state index < -0.39 is 0 Å². The zero-order valence-corrected chi connectivity index (χ0v) is 10.1. The Balaban J connectivity index is 2.45. The van der Waals surface area contributed by atoms with Crippen molar-refractivity contribution in [1.29, 1.82) is 0 Å². The number of halogens is 1. The van der Waals surface area contributed by atoms with E-state index in [1.54, 1.807) is 10.9 Å². The summed E-state index contributed by atoms with van der Waals surface area (Å²) < 4.78 is 1.80. The fraction of sp³-hybridized carbons (Fsp3) is 0.250. The first-order chi connectivity index (χ1) is 7.74. The Morgan fingerprint density at radius 2 is 2.00 bits per heavy atom. The van der Waals surface area contributed by atoms with Gasteiger partial charge in [-0.1, -0.05) is 41.9 Å². The lowest BCUT2D eigenvalue weighted by Crippen LogP contribution is -2.20. The number of benzene rings is 1. The third-order valence-electron chi connectivity index (χ3n) is 2.63. The van der Waals surface area contributed by atoms with Crippen molar-refractivity contribution in [3.8, 4) is 0 Å². The maximum atomic E-state index is 6.15. The maximum absolute atomic E-state index is 6.15. The molecule has 0 aliphatic heterocycles. The highest BCUT2D eigenvalue weighted by atomic mass is 35.5. The van der Waals surface area contributed by atoms with Crippen molar-refractivity contribution in [3.05, 3.63) is 52.8 Å². The van der Waals surface area contributed by atoms with Crippen LogP contribution in [-0.2, 0) is 7.05 Å². The molecule has 0 radical (unpaired) electrons. The first-order valence-electron chi connectivity index (χ1n) is 5.13. The fourth-order valence-electron chi connectivity index (χ4n) is 1.85. The van der Waals surface area contributed by atoms with Crippen LogP contribution in [0, 0.1) is 0 Å². The van der Waals surface area contributed by atoms with Crippen molar-refractivity contribution < 1.29 is 0 Å². The molecule has 0 bridgehead atoms. The molecule has 1 aromatic carbocycles. The summed E-state index contributed by atoms with van der Waals surface area (Å²) in [5, 5.41) is 8.10. The van der Waals surface area contributed by atoms with E-state index in [9.17, 15) is 0 Å². The molecule has 0 amide bonds. The van der Waals surface area contributed by atoms with Crippen LogP contribution in [0.3, 0.4) is 0 Å². The van der Waals surface area contributed by atoms with E-state index in [0.29, 0.717) is 5.02 Å². The Bertz CT molecular complexity index is 445. The molecule has 2 rings (SSSR count). The van der Waals surface area contributed by atoms with E-state index in [1.807, 2.05) is 32.3 Å². The first-order valence-corrected chi connectivity index (χ1v) is 5.51. The molecule has 0 fully saturated rings. The van der Waals surface area contributed by atoms with Crippen molar-refractivity contribution >= 4 is 11.6 Å². The molecule has 3 nitrogen and oxygen atoms in total. The van der Waals surface area contributed by atoms with Crippen LogP contribution >= 0.6 is 11.6 Å². The third-order valence-corrected chi connectivity index (χ3v) is 2.92. The second-order valence-corrected chi connectivity index (χ2v) is 4.04. The van der Waals surface area contributed by atoms with E-state index in [-0.39, 0.29) is 6.04 Å². The van der Waals surface area contributed by atoms with Crippen molar-refractivity contribution in [3.63, 3.8) is 0 Å². The maximum Gasteiger partial charge on any atom is 0.0837 e. The summed E-state index contributed by atoms with van der Waals surface area (Å²) >= 11 is 6.15. The van der Waals surface area contributed by atoms with E-state index >= 15 is 0 Å². The number of rotatable bonds is 3. The quantitative estimate of drug-likeness (QED) is 0.886. The highest BCUT2D eigenvalue weighted by molar-refractivity contribution is 6.31. The highest BCUT2D eigenvalue weighted by Gasteiger charge is 2.18. The van der Waals surface area contributed by atoms with Crippen LogP contribution in [0.4, 0.5) is 0 Å². The second-order valence-electron chi connectivity index (χ2n) is 3.63. The minimum atomic E-state index is 0.0706.